The van der Waals surface area contributed by atoms with E-state index in [4.69, 9.17) is 16.0 Å². The lowest BCUT2D eigenvalue weighted by molar-refractivity contribution is 0.184. The minimum Gasteiger partial charge on any atom is -0.468 e. The third-order valence-corrected chi connectivity index (χ3v) is 4.98. The highest BCUT2D eigenvalue weighted by Gasteiger charge is 2.17. The number of thiophene rings is 1. The van der Waals surface area contributed by atoms with Crippen LogP contribution in [-0.2, 0) is 0 Å². The maximum atomic E-state index is 10.3. The molecule has 2 unspecified atom stereocenters. The normalized spacial score (nSPS) is 14.6. The second kappa shape index (κ2) is 9.82. The fourth-order valence-electron chi connectivity index (χ4n) is 2.31. The van der Waals surface area contributed by atoms with Gasteiger partial charge in [0, 0.05) is 18.0 Å². The lowest BCUT2D eigenvalue weighted by Crippen LogP contribution is -2.40. The lowest BCUT2D eigenvalue weighted by Gasteiger charge is -2.21. The third kappa shape index (κ3) is 6.04. The molecule has 2 aromatic heterocycles. The Bertz CT molecular complexity index is 657. The first kappa shape index (κ1) is 19.8. The first-order chi connectivity index (χ1) is 12.0. The molecule has 2 aromatic rings. The van der Waals surface area contributed by atoms with Gasteiger partial charge in [0.05, 0.1) is 23.2 Å². The van der Waals surface area contributed by atoms with Gasteiger partial charge in [-0.25, -0.2) is 0 Å². The highest BCUT2D eigenvalue weighted by atomic mass is 35.5. The molecule has 2 heterocycles. The average molecular weight is 385 g/mol. The number of furan rings is 1. The Kier molecular flexibility index (Phi) is 7.77. The first-order valence-electron chi connectivity index (χ1n) is 8.16. The summed E-state index contributed by atoms with van der Waals surface area (Å²) in [5.74, 6) is 1.53. The van der Waals surface area contributed by atoms with Crippen LogP contribution in [-0.4, -0.2) is 49.7 Å². The van der Waals surface area contributed by atoms with Crippen molar-refractivity contribution in [1.29, 1.82) is 0 Å². The fourth-order valence-corrected chi connectivity index (χ4v) is 3.36. The number of nitrogens with one attached hydrogen (secondary N) is 2. The SMILES string of the molecule is CCNC(=NCC(c1ccco1)N(C)C)NCC(O)c1ccc(Cl)s1. The van der Waals surface area contributed by atoms with Crippen molar-refractivity contribution >= 4 is 28.9 Å². The summed E-state index contributed by atoms with van der Waals surface area (Å²) >= 11 is 7.29. The highest BCUT2D eigenvalue weighted by Crippen LogP contribution is 2.26. The average Bonchev–Trinajstić information content (AvgIpc) is 3.24. The predicted molar refractivity (Wildman–Crippen MR) is 103 cm³/mol. The summed E-state index contributed by atoms with van der Waals surface area (Å²) in [6, 6.07) is 7.50. The van der Waals surface area contributed by atoms with Crippen LogP contribution in [0.15, 0.2) is 39.9 Å². The Morgan fingerprint density at radius 2 is 2.16 bits per heavy atom. The summed E-state index contributed by atoms with van der Waals surface area (Å²) in [4.78, 5) is 7.51. The molecule has 0 aromatic carbocycles. The van der Waals surface area contributed by atoms with Gasteiger partial charge in [-0.2, -0.15) is 0 Å². The Labute approximate surface area is 157 Å². The van der Waals surface area contributed by atoms with E-state index >= 15 is 0 Å². The molecule has 3 N–H and O–H groups in total. The molecule has 0 aliphatic heterocycles. The summed E-state index contributed by atoms with van der Waals surface area (Å²) in [5.41, 5.74) is 0. The number of aliphatic hydroxyl groups excluding tert-OH is 1. The van der Waals surface area contributed by atoms with Gasteiger partial charge in [0.15, 0.2) is 5.96 Å². The van der Waals surface area contributed by atoms with Crippen molar-refractivity contribution < 1.29 is 9.52 Å². The fraction of sp³-hybridized carbons (Fsp3) is 0.471. The molecule has 0 saturated carbocycles. The smallest absolute Gasteiger partial charge is 0.191 e. The van der Waals surface area contributed by atoms with Crippen LogP contribution in [0.2, 0.25) is 4.34 Å². The number of hydrogen-bond acceptors (Lipinski definition) is 5. The van der Waals surface area contributed by atoms with Crippen molar-refractivity contribution in [1.82, 2.24) is 15.5 Å². The van der Waals surface area contributed by atoms with E-state index in [2.05, 4.69) is 20.5 Å². The second-order valence-electron chi connectivity index (χ2n) is 5.75. The lowest BCUT2D eigenvalue weighted by atomic mass is 10.2. The molecule has 25 heavy (non-hydrogen) atoms. The minimum atomic E-state index is -0.629. The number of aliphatic imine (C=N–C) groups is 1. The maximum absolute atomic E-state index is 10.3. The van der Waals surface area contributed by atoms with E-state index in [1.54, 1.807) is 12.3 Å². The Morgan fingerprint density at radius 3 is 2.72 bits per heavy atom. The molecule has 0 spiro atoms. The van der Waals surface area contributed by atoms with Crippen molar-refractivity contribution in [2.75, 3.05) is 33.7 Å². The molecule has 0 bridgehead atoms. The number of likely N-dealkylation sites (N-methyl/N-ethyl adjacent to an activating group) is 1. The van der Waals surface area contributed by atoms with Gasteiger partial charge >= 0.3 is 0 Å². The summed E-state index contributed by atoms with van der Waals surface area (Å²) in [6.07, 6.45) is 1.04. The van der Waals surface area contributed by atoms with Crippen molar-refractivity contribution in [3.8, 4) is 0 Å². The van der Waals surface area contributed by atoms with Crippen LogP contribution in [0, 0.1) is 0 Å². The zero-order chi connectivity index (χ0) is 18.2. The minimum absolute atomic E-state index is 0.0477. The summed E-state index contributed by atoms with van der Waals surface area (Å²) < 4.78 is 6.17. The molecule has 0 amide bonds. The Hall–Kier alpha value is -1.54. The van der Waals surface area contributed by atoms with E-state index in [1.165, 1.54) is 11.3 Å². The van der Waals surface area contributed by atoms with Crippen LogP contribution in [0.4, 0.5) is 0 Å². The molecule has 2 atom stereocenters. The quantitative estimate of drug-likeness (QED) is 0.482. The van der Waals surface area contributed by atoms with Gasteiger partial charge in [0.25, 0.3) is 0 Å². The van der Waals surface area contributed by atoms with Crippen molar-refractivity contribution in [3.63, 3.8) is 0 Å². The van der Waals surface area contributed by atoms with E-state index in [1.807, 2.05) is 39.2 Å². The standard InChI is InChI=1S/C17H25ClN4O2S/c1-4-19-17(21-11-13(23)15-7-8-16(18)25-15)20-10-12(22(2)3)14-6-5-9-24-14/h5-9,12-13,23H,4,10-11H2,1-3H3,(H2,19,20,21). The third-order valence-electron chi connectivity index (χ3n) is 3.65. The largest absolute Gasteiger partial charge is 0.468 e. The van der Waals surface area contributed by atoms with Gasteiger partial charge in [-0.05, 0) is 45.3 Å². The van der Waals surface area contributed by atoms with Gasteiger partial charge < -0.3 is 20.2 Å². The number of guanidine groups is 1. The van der Waals surface area contributed by atoms with Crippen LogP contribution in [0.5, 0.6) is 0 Å². The molecule has 138 valence electrons. The van der Waals surface area contributed by atoms with Crippen LogP contribution >= 0.6 is 22.9 Å². The van der Waals surface area contributed by atoms with Crippen LogP contribution < -0.4 is 10.6 Å². The monoisotopic (exact) mass is 384 g/mol. The van der Waals surface area contributed by atoms with Crippen molar-refractivity contribution in [2.45, 2.75) is 19.1 Å². The molecular weight excluding hydrogens is 360 g/mol. The van der Waals surface area contributed by atoms with E-state index < -0.39 is 6.10 Å². The molecule has 6 nitrogen and oxygen atoms in total. The molecule has 2 rings (SSSR count). The molecule has 0 radical (unpaired) electrons. The van der Waals surface area contributed by atoms with Gasteiger partial charge in [-0.15, -0.1) is 11.3 Å². The van der Waals surface area contributed by atoms with E-state index in [-0.39, 0.29) is 6.04 Å². The van der Waals surface area contributed by atoms with Gasteiger partial charge in [-0.1, -0.05) is 11.6 Å². The van der Waals surface area contributed by atoms with E-state index in [9.17, 15) is 5.11 Å². The number of hydrogen-bond donors (Lipinski definition) is 3. The topological polar surface area (TPSA) is 73.0 Å². The number of rotatable bonds is 8. The van der Waals surface area contributed by atoms with Crippen molar-refractivity contribution in [3.05, 3.63) is 45.5 Å². The zero-order valence-electron chi connectivity index (χ0n) is 14.7. The number of nitrogens with zero attached hydrogens (tertiary/aromatic N) is 2. The highest BCUT2D eigenvalue weighted by molar-refractivity contribution is 7.16. The van der Waals surface area contributed by atoms with Crippen LogP contribution in [0.3, 0.4) is 0 Å². The van der Waals surface area contributed by atoms with Gasteiger partial charge in [-0.3, -0.25) is 9.89 Å². The summed E-state index contributed by atoms with van der Waals surface area (Å²) in [5, 5.41) is 16.6. The molecule has 0 fully saturated rings. The van der Waals surface area contributed by atoms with Crippen LogP contribution in [0.25, 0.3) is 0 Å². The Balaban J connectivity index is 1.97. The van der Waals surface area contributed by atoms with E-state index in [0.29, 0.717) is 23.4 Å². The van der Waals surface area contributed by atoms with Crippen molar-refractivity contribution in [2.24, 2.45) is 4.99 Å². The molecule has 8 heteroatoms. The molecule has 0 saturated heterocycles. The van der Waals surface area contributed by atoms with Gasteiger partial charge in [0.2, 0.25) is 0 Å². The van der Waals surface area contributed by atoms with E-state index in [0.717, 1.165) is 17.2 Å². The zero-order valence-corrected chi connectivity index (χ0v) is 16.3. The molecule has 0 aliphatic rings. The molecular formula is C17H25ClN4O2S. The molecule has 0 aliphatic carbocycles. The first-order valence-corrected chi connectivity index (χ1v) is 9.36. The number of aliphatic hydroxyl groups is 1. The predicted octanol–water partition coefficient (Wildman–Crippen LogP) is 2.89. The summed E-state index contributed by atoms with van der Waals surface area (Å²) in [7, 11) is 3.99. The van der Waals surface area contributed by atoms with Gasteiger partial charge in [0.1, 0.15) is 11.9 Å². The second-order valence-corrected chi connectivity index (χ2v) is 7.50. The Morgan fingerprint density at radius 1 is 1.36 bits per heavy atom. The maximum Gasteiger partial charge on any atom is 0.191 e. The van der Waals surface area contributed by atoms with Crippen LogP contribution in [0.1, 0.15) is 29.7 Å². The summed E-state index contributed by atoms with van der Waals surface area (Å²) in [6.45, 7) is 3.63. The number of halogens is 1.